The third-order valence-electron chi connectivity index (χ3n) is 8.32. The zero-order valence-electron chi connectivity index (χ0n) is 26.7. The minimum absolute atomic E-state index is 0. The van der Waals surface area contributed by atoms with Gasteiger partial charge in [-0.2, -0.15) is 0 Å². The van der Waals surface area contributed by atoms with Crippen LogP contribution in [0.4, 0.5) is 0 Å². The summed E-state index contributed by atoms with van der Waals surface area (Å²) in [6, 6.07) is 17.7. The first-order valence-electron chi connectivity index (χ1n) is 15.4. The molecule has 0 unspecified atom stereocenters. The molecule has 1 aromatic heterocycles. The predicted molar refractivity (Wildman–Crippen MR) is 168 cm³/mol. The zero-order valence-corrected chi connectivity index (χ0v) is 28.7. The van der Waals surface area contributed by atoms with Gasteiger partial charge in [0.2, 0.25) is 5.91 Å². The number of rotatable bonds is 12. The van der Waals surface area contributed by atoms with E-state index < -0.39 is 11.4 Å². The number of ether oxygens (including phenoxy) is 2. The van der Waals surface area contributed by atoms with Crippen LogP contribution < -0.4 is 60.8 Å². The first kappa shape index (κ1) is 34.3. The normalized spacial score (nSPS) is 13.2. The Morgan fingerprint density at radius 2 is 1.67 bits per heavy atom. The SMILES string of the molecule is Cc1cc(OCCCNC(=O)C2CCCCC2)cc(C)c1-c1cccc(COc2ccc(Cn3oc(=O)[n-]c3=O)cc2)c1C.[Na+]. The van der Waals surface area contributed by atoms with Gasteiger partial charge < -0.3 is 24.3 Å². The summed E-state index contributed by atoms with van der Waals surface area (Å²) in [7, 11) is 0. The van der Waals surface area contributed by atoms with Crippen molar-refractivity contribution >= 4 is 5.91 Å². The van der Waals surface area contributed by atoms with Crippen molar-refractivity contribution in [2.75, 3.05) is 13.2 Å². The molecule has 45 heavy (non-hydrogen) atoms. The standard InChI is InChI=1S/C35H41N3O6.Na/c1-23-19-30(42-18-8-17-36-33(39)27-9-5-4-6-10-27)20-24(2)32(23)31-12-7-11-28(25(31)3)22-43-29-15-13-26(14-16-29)21-38-34(40)37-35(41)44-38;/h7,11-16,19-20,27H,4-6,8-10,17-18,21-22H2,1-3H3,(H2,36,37,39,40,41);/q;+1/p-1. The van der Waals surface area contributed by atoms with Crippen molar-refractivity contribution in [2.45, 2.75) is 72.4 Å². The Kier molecular flexibility index (Phi) is 12.3. The summed E-state index contributed by atoms with van der Waals surface area (Å²) in [5.41, 5.74) is 6.93. The summed E-state index contributed by atoms with van der Waals surface area (Å²) in [5, 5.41) is 3.08. The van der Waals surface area contributed by atoms with Gasteiger partial charge in [-0.25, -0.2) is 4.79 Å². The summed E-state index contributed by atoms with van der Waals surface area (Å²) in [6.45, 7) is 8.03. The Labute approximate surface area is 285 Å². The molecule has 1 N–H and O–H groups in total. The Morgan fingerprint density at radius 3 is 2.33 bits per heavy atom. The average Bonchev–Trinajstić information content (AvgIpc) is 3.33. The van der Waals surface area contributed by atoms with Crippen LogP contribution in [0.3, 0.4) is 0 Å². The van der Waals surface area contributed by atoms with E-state index in [1.807, 2.05) is 24.3 Å². The Hall–Kier alpha value is -3.53. The van der Waals surface area contributed by atoms with E-state index in [0.717, 1.165) is 76.0 Å². The van der Waals surface area contributed by atoms with Crippen LogP contribution in [0, 0.1) is 26.7 Å². The Bertz CT molecular complexity index is 1680. The summed E-state index contributed by atoms with van der Waals surface area (Å²) in [5.74, 6) is 1.01. The molecule has 1 heterocycles. The van der Waals surface area contributed by atoms with Gasteiger partial charge in [0.05, 0.1) is 6.61 Å². The zero-order chi connectivity index (χ0) is 31.1. The fourth-order valence-corrected chi connectivity index (χ4v) is 5.93. The van der Waals surface area contributed by atoms with Gasteiger partial charge in [-0.05, 0) is 103 Å². The number of nitrogens with zero attached hydrogens (tertiary/aromatic N) is 2. The van der Waals surface area contributed by atoms with Crippen LogP contribution in [0.1, 0.15) is 66.3 Å². The molecule has 0 radical (unpaired) electrons. The van der Waals surface area contributed by atoms with E-state index in [2.05, 4.69) is 61.4 Å². The van der Waals surface area contributed by atoms with Crippen LogP contribution in [0.2, 0.25) is 0 Å². The predicted octanol–water partition coefficient (Wildman–Crippen LogP) is 2.45. The number of amides is 1. The maximum Gasteiger partial charge on any atom is 1.00 e. The topological polar surface area (TPSA) is 114 Å². The van der Waals surface area contributed by atoms with Crippen LogP contribution >= 0.6 is 0 Å². The van der Waals surface area contributed by atoms with E-state index in [0.29, 0.717) is 25.5 Å². The van der Waals surface area contributed by atoms with Crippen molar-refractivity contribution in [1.82, 2.24) is 15.0 Å². The first-order chi connectivity index (χ1) is 21.3. The smallest absolute Gasteiger partial charge is 0.494 e. The third-order valence-corrected chi connectivity index (χ3v) is 8.32. The van der Waals surface area contributed by atoms with Gasteiger partial charge in [-0.15, -0.1) is 0 Å². The van der Waals surface area contributed by atoms with Gasteiger partial charge >= 0.3 is 35.3 Å². The van der Waals surface area contributed by atoms with Crippen LogP contribution in [0.15, 0.2) is 68.7 Å². The molecule has 0 spiro atoms. The number of benzene rings is 3. The second-order valence-corrected chi connectivity index (χ2v) is 11.6. The summed E-state index contributed by atoms with van der Waals surface area (Å²) in [6.07, 6.45) is 6.36. The van der Waals surface area contributed by atoms with Gasteiger partial charge in [0.15, 0.2) is 5.69 Å². The number of hydrogen-bond acceptors (Lipinski definition) is 6. The summed E-state index contributed by atoms with van der Waals surface area (Å²) in [4.78, 5) is 38.4. The molecule has 1 fully saturated rings. The fourth-order valence-electron chi connectivity index (χ4n) is 5.93. The number of aryl methyl sites for hydroxylation is 2. The molecule has 1 amide bonds. The first-order valence-corrected chi connectivity index (χ1v) is 15.4. The van der Waals surface area contributed by atoms with Crippen molar-refractivity contribution in [3.05, 3.63) is 103 Å². The van der Waals surface area contributed by atoms with E-state index in [9.17, 15) is 14.4 Å². The van der Waals surface area contributed by atoms with Crippen LogP contribution in [0.5, 0.6) is 11.5 Å². The quantitative estimate of drug-likeness (QED) is 0.191. The summed E-state index contributed by atoms with van der Waals surface area (Å²) < 4.78 is 17.9. The molecule has 1 saturated carbocycles. The van der Waals surface area contributed by atoms with Gasteiger partial charge in [0, 0.05) is 19.0 Å². The Morgan fingerprint density at radius 1 is 0.956 bits per heavy atom. The molecule has 4 aromatic rings. The van der Waals surface area contributed by atoms with E-state index in [-0.39, 0.29) is 47.9 Å². The number of aromatic nitrogens is 2. The molecule has 5 rings (SSSR count). The second kappa shape index (κ2) is 16.2. The molecular weight excluding hydrogens is 581 g/mol. The van der Waals surface area contributed by atoms with Crippen LogP contribution in [-0.4, -0.2) is 23.8 Å². The molecule has 232 valence electrons. The minimum atomic E-state index is -0.898. The van der Waals surface area contributed by atoms with Crippen LogP contribution in [0.25, 0.3) is 11.1 Å². The van der Waals surface area contributed by atoms with Gasteiger partial charge in [0.1, 0.15) is 18.1 Å². The van der Waals surface area contributed by atoms with Crippen LogP contribution in [-0.2, 0) is 17.9 Å². The average molecular weight is 622 g/mol. The second-order valence-electron chi connectivity index (χ2n) is 11.6. The van der Waals surface area contributed by atoms with Crippen molar-refractivity contribution in [1.29, 1.82) is 0 Å². The molecule has 3 aromatic carbocycles. The number of carbonyl (C=O) groups is 1. The molecule has 0 bridgehead atoms. The molecule has 10 heteroatoms. The largest absolute Gasteiger partial charge is 1.00 e. The maximum absolute atomic E-state index is 12.4. The summed E-state index contributed by atoms with van der Waals surface area (Å²) >= 11 is 0. The molecular formula is C35H40N3NaO6. The van der Waals surface area contributed by atoms with Crippen molar-refractivity contribution in [2.24, 2.45) is 5.92 Å². The van der Waals surface area contributed by atoms with Gasteiger partial charge in [-0.3, -0.25) is 14.3 Å². The maximum atomic E-state index is 12.4. The van der Waals surface area contributed by atoms with Gasteiger partial charge in [-0.1, -0.05) is 49.6 Å². The molecule has 0 aliphatic heterocycles. The minimum Gasteiger partial charge on any atom is -0.494 e. The third kappa shape index (κ3) is 9.02. The number of carbonyl (C=O) groups excluding carboxylic acids is 1. The van der Waals surface area contributed by atoms with Crippen molar-refractivity contribution in [3.8, 4) is 22.6 Å². The number of nitrogens with one attached hydrogen (secondary N) is 1. The Balaban J connectivity index is 0.00000461. The molecule has 0 atom stereocenters. The van der Waals surface area contributed by atoms with Crippen molar-refractivity contribution < 1.29 is 48.3 Å². The van der Waals surface area contributed by atoms with E-state index in [4.69, 9.17) is 14.0 Å². The molecule has 9 nitrogen and oxygen atoms in total. The molecule has 0 saturated heterocycles. The monoisotopic (exact) mass is 621 g/mol. The van der Waals surface area contributed by atoms with Gasteiger partial charge in [0.25, 0.3) is 0 Å². The molecule has 1 aliphatic carbocycles. The molecule has 1 aliphatic rings. The fraction of sp³-hybridized carbons (Fsp3) is 0.400. The van der Waals surface area contributed by atoms with Crippen molar-refractivity contribution in [3.63, 3.8) is 0 Å². The van der Waals surface area contributed by atoms with E-state index in [1.54, 1.807) is 0 Å². The van der Waals surface area contributed by atoms with E-state index >= 15 is 0 Å². The number of hydrogen-bond donors (Lipinski definition) is 1. The van der Waals surface area contributed by atoms with E-state index in [1.165, 1.54) is 12.0 Å².